The van der Waals surface area contributed by atoms with E-state index in [4.69, 9.17) is 14.6 Å². The van der Waals surface area contributed by atoms with Crippen LogP contribution in [0.15, 0.2) is 48.5 Å². The maximum absolute atomic E-state index is 13.0. The molecule has 2 N–H and O–H groups in total. The minimum atomic E-state index is -1.16. The summed E-state index contributed by atoms with van der Waals surface area (Å²) in [7, 11) is 1.45. The number of amides is 2. The van der Waals surface area contributed by atoms with Gasteiger partial charge in [0.25, 0.3) is 0 Å². The summed E-state index contributed by atoms with van der Waals surface area (Å²) < 4.78 is 23.4. The number of methoxy groups -OCH3 is 1. The zero-order valence-corrected chi connectivity index (χ0v) is 19.0. The number of carbonyl (C=O) groups is 3. The molecular weight excluding hydrogens is 443 g/mol. The molecule has 34 heavy (non-hydrogen) atoms. The van der Waals surface area contributed by atoms with Crippen molar-refractivity contribution < 1.29 is 33.4 Å². The number of alkyl halides is 1. The normalized spacial score (nSPS) is 13.0. The summed E-state index contributed by atoms with van der Waals surface area (Å²) in [6.45, 7) is -0.598. The molecule has 2 aromatic carbocycles. The van der Waals surface area contributed by atoms with E-state index in [-0.39, 0.29) is 45.1 Å². The molecule has 0 spiro atoms. The first-order chi connectivity index (χ1) is 16.5. The summed E-state index contributed by atoms with van der Waals surface area (Å²) in [4.78, 5) is 37.8. The van der Waals surface area contributed by atoms with Crippen LogP contribution in [-0.4, -0.2) is 74.1 Å². The fourth-order valence-electron chi connectivity index (χ4n) is 4.16. The zero-order valence-electron chi connectivity index (χ0n) is 19.0. The predicted octanol–water partition coefficient (Wildman–Crippen LogP) is 3.20. The summed E-state index contributed by atoms with van der Waals surface area (Å²) in [5.41, 5.74) is 4.26. The molecule has 0 radical (unpaired) electrons. The fraction of sp³-hybridized carbons (Fsp3) is 0.400. The molecule has 1 aliphatic rings. The minimum Gasteiger partial charge on any atom is -0.481 e. The summed E-state index contributed by atoms with van der Waals surface area (Å²) in [5, 5.41) is 11.5. The Morgan fingerprint density at radius 1 is 1.06 bits per heavy atom. The summed E-state index contributed by atoms with van der Waals surface area (Å²) >= 11 is 0. The molecule has 0 bridgehead atoms. The second-order valence-electron chi connectivity index (χ2n) is 7.96. The Kier molecular flexibility index (Phi) is 8.98. The quantitative estimate of drug-likeness (QED) is 0.492. The van der Waals surface area contributed by atoms with Gasteiger partial charge in [0.05, 0.1) is 6.61 Å². The highest BCUT2D eigenvalue weighted by molar-refractivity contribution is 5.86. The third-order valence-corrected chi connectivity index (χ3v) is 5.81. The van der Waals surface area contributed by atoms with E-state index < -0.39 is 30.7 Å². The minimum absolute atomic E-state index is 0.0531. The standard InChI is InChI=1S/C25H29FN2O6/c1-33-15-14-28(13-12-26)24(31)22(10-11-23(29)30)27-25(32)34-16-21-19-8-4-2-6-17(19)18-7-3-5-9-20(18)21/h2-9,21-22H,10-16H2,1H3,(H,27,32)(H,29,30). The van der Waals surface area contributed by atoms with Crippen molar-refractivity contribution in [2.75, 3.05) is 40.1 Å². The van der Waals surface area contributed by atoms with Crippen LogP contribution in [0.2, 0.25) is 0 Å². The number of carboxylic acids is 1. The molecule has 182 valence electrons. The van der Waals surface area contributed by atoms with Crippen LogP contribution in [0, 0.1) is 0 Å². The lowest BCUT2D eigenvalue weighted by atomic mass is 9.98. The van der Waals surface area contributed by atoms with Gasteiger partial charge in [-0.25, -0.2) is 9.18 Å². The first-order valence-electron chi connectivity index (χ1n) is 11.1. The van der Waals surface area contributed by atoms with Crippen LogP contribution < -0.4 is 5.32 Å². The fourth-order valence-corrected chi connectivity index (χ4v) is 4.16. The maximum atomic E-state index is 13.0. The van der Waals surface area contributed by atoms with E-state index in [2.05, 4.69) is 5.32 Å². The van der Waals surface area contributed by atoms with Gasteiger partial charge in [-0.1, -0.05) is 48.5 Å². The lowest BCUT2D eigenvalue weighted by Gasteiger charge is -2.27. The number of aliphatic carboxylic acids is 1. The molecule has 8 nitrogen and oxygen atoms in total. The number of nitrogens with zero attached hydrogens (tertiary/aromatic N) is 1. The Labute approximate surface area is 197 Å². The number of rotatable bonds is 12. The number of fused-ring (bicyclic) bond motifs is 3. The maximum Gasteiger partial charge on any atom is 0.407 e. The van der Waals surface area contributed by atoms with Crippen LogP contribution in [0.4, 0.5) is 9.18 Å². The molecule has 0 heterocycles. The van der Waals surface area contributed by atoms with Gasteiger partial charge in [0, 0.05) is 32.5 Å². The molecule has 9 heteroatoms. The van der Waals surface area contributed by atoms with Gasteiger partial charge >= 0.3 is 12.1 Å². The van der Waals surface area contributed by atoms with Crippen molar-refractivity contribution in [2.45, 2.75) is 24.8 Å². The lowest BCUT2D eigenvalue weighted by Crippen LogP contribution is -2.50. The molecule has 1 aliphatic carbocycles. The third-order valence-electron chi connectivity index (χ3n) is 5.81. The number of ether oxygens (including phenoxy) is 2. The van der Waals surface area contributed by atoms with Crippen LogP contribution in [0.25, 0.3) is 11.1 Å². The Morgan fingerprint density at radius 2 is 1.68 bits per heavy atom. The monoisotopic (exact) mass is 472 g/mol. The Hall–Kier alpha value is -3.46. The number of hydrogen-bond donors (Lipinski definition) is 2. The van der Waals surface area contributed by atoms with Crippen LogP contribution in [0.5, 0.6) is 0 Å². The van der Waals surface area contributed by atoms with E-state index >= 15 is 0 Å². The van der Waals surface area contributed by atoms with Crippen molar-refractivity contribution in [3.05, 3.63) is 59.7 Å². The van der Waals surface area contributed by atoms with Crippen molar-refractivity contribution in [3.63, 3.8) is 0 Å². The van der Waals surface area contributed by atoms with Crippen LogP contribution in [0.1, 0.15) is 29.9 Å². The van der Waals surface area contributed by atoms with Gasteiger partial charge in [-0.3, -0.25) is 9.59 Å². The second-order valence-corrected chi connectivity index (χ2v) is 7.96. The summed E-state index contributed by atoms with van der Waals surface area (Å²) in [6, 6.07) is 14.6. The molecule has 0 aliphatic heterocycles. The highest BCUT2D eigenvalue weighted by Crippen LogP contribution is 2.44. The van der Waals surface area contributed by atoms with E-state index in [1.807, 2.05) is 48.5 Å². The molecule has 0 aromatic heterocycles. The van der Waals surface area contributed by atoms with E-state index in [0.29, 0.717) is 0 Å². The number of nitrogens with one attached hydrogen (secondary N) is 1. The molecule has 2 amide bonds. The first kappa shape index (κ1) is 25.2. The predicted molar refractivity (Wildman–Crippen MR) is 123 cm³/mol. The molecule has 0 saturated heterocycles. The third kappa shape index (κ3) is 6.11. The van der Waals surface area contributed by atoms with Crippen molar-refractivity contribution in [1.29, 1.82) is 0 Å². The van der Waals surface area contributed by atoms with E-state index in [0.717, 1.165) is 22.3 Å². The van der Waals surface area contributed by atoms with Crippen molar-refractivity contribution in [2.24, 2.45) is 0 Å². The highest BCUT2D eigenvalue weighted by atomic mass is 19.1. The van der Waals surface area contributed by atoms with E-state index in [1.54, 1.807) is 0 Å². The Balaban J connectivity index is 1.68. The average Bonchev–Trinajstić information content (AvgIpc) is 3.16. The molecule has 0 saturated carbocycles. The number of hydrogen-bond acceptors (Lipinski definition) is 5. The van der Waals surface area contributed by atoms with Gasteiger partial charge in [0.1, 0.15) is 19.3 Å². The van der Waals surface area contributed by atoms with Gasteiger partial charge in [-0.2, -0.15) is 0 Å². The largest absolute Gasteiger partial charge is 0.481 e. The number of benzene rings is 2. The molecule has 1 unspecified atom stereocenters. The molecule has 2 aromatic rings. The number of halogens is 1. The SMILES string of the molecule is COCCN(CCF)C(=O)C(CCC(=O)O)NC(=O)OCC1c2ccccc2-c2ccccc21. The lowest BCUT2D eigenvalue weighted by molar-refractivity contribution is -0.138. The van der Waals surface area contributed by atoms with Crippen LogP contribution >= 0.6 is 0 Å². The first-order valence-corrected chi connectivity index (χ1v) is 11.1. The topological polar surface area (TPSA) is 105 Å². The summed E-state index contributed by atoms with van der Waals surface area (Å²) in [6.07, 6.45) is -1.32. The van der Waals surface area contributed by atoms with Gasteiger partial charge in [0.2, 0.25) is 5.91 Å². The average molecular weight is 473 g/mol. The van der Waals surface area contributed by atoms with E-state index in [9.17, 15) is 18.8 Å². The van der Waals surface area contributed by atoms with Crippen molar-refractivity contribution in [1.82, 2.24) is 10.2 Å². The molecular formula is C25H29FN2O6. The Morgan fingerprint density at radius 3 is 2.24 bits per heavy atom. The number of carboxylic acid groups (broad SMARTS) is 1. The number of alkyl carbamates (subject to hydrolysis) is 1. The highest BCUT2D eigenvalue weighted by Gasteiger charge is 2.31. The van der Waals surface area contributed by atoms with Gasteiger partial charge in [-0.15, -0.1) is 0 Å². The molecule has 3 rings (SSSR count). The molecule has 0 fully saturated rings. The van der Waals surface area contributed by atoms with Gasteiger partial charge in [0.15, 0.2) is 0 Å². The molecule has 1 atom stereocenters. The van der Waals surface area contributed by atoms with Crippen molar-refractivity contribution >= 4 is 18.0 Å². The van der Waals surface area contributed by atoms with Gasteiger partial charge in [-0.05, 0) is 28.7 Å². The Bertz CT molecular complexity index is 969. The van der Waals surface area contributed by atoms with E-state index in [1.165, 1.54) is 12.0 Å². The second kappa shape index (κ2) is 12.1. The summed E-state index contributed by atoms with van der Waals surface area (Å²) in [5.74, 6) is -1.85. The van der Waals surface area contributed by atoms with Crippen LogP contribution in [0.3, 0.4) is 0 Å². The van der Waals surface area contributed by atoms with Crippen LogP contribution in [-0.2, 0) is 19.1 Å². The smallest absolute Gasteiger partial charge is 0.407 e. The van der Waals surface area contributed by atoms with Crippen molar-refractivity contribution in [3.8, 4) is 11.1 Å². The zero-order chi connectivity index (χ0) is 24.5. The van der Waals surface area contributed by atoms with Gasteiger partial charge < -0.3 is 24.8 Å². The number of carbonyl (C=O) groups excluding carboxylic acids is 2.